The maximum absolute atomic E-state index is 13.3. The van der Waals surface area contributed by atoms with Crippen molar-refractivity contribution in [1.82, 2.24) is 4.90 Å². The summed E-state index contributed by atoms with van der Waals surface area (Å²) in [5, 5.41) is 0. The minimum atomic E-state index is -0.195. The Morgan fingerprint density at radius 3 is 2.53 bits per heavy atom. The van der Waals surface area contributed by atoms with Crippen LogP contribution in [0.1, 0.15) is 25.0 Å². The van der Waals surface area contributed by atoms with E-state index in [-0.39, 0.29) is 12.4 Å². The molecule has 0 bridgehead atoms. The van der Waals surface area contributed by atoms with E-state index in [9.17, 15) is 4.39 Å². The Hall–Kier alpha value is -0.930. The van der Waals surface area contributed by atoms with Crippen molar-refractivity contribution < 1.29 is 4.39 Å². The fourth-order valence-electron chi connectivity index (χ4n) is 2.52. The molecule has 2 atom stereocenters. The van der Waals surface area contributed by atoms with Gasteiger partial charge >= 0.3 is 0 Å². The molecule has 0 amide bonds. The zero-order valence-corrected chi connectivity index (χ0v) is 10.6. The van der Waals surface area contributed by atoms with Crippen LogP contribution in [0.4, 0.5) is 4.39 Å². The summed E-state index contributed by atoms with van der Waals surface area (Å²) in [6.45, 7) is 8.03. The fourth-order valence-corrected chi connectivity index (χ4v) is 2.52. The van der Waals surface area contributed by atoms with E-state index < -0.39 is 0 Å². The summed E-state index contributed by atoms with van der Waals surface area (Å²) in [6.07, 6.45) is 0. The molecule has 2 rings (SSSR count). The third-order valence-electron chi connectivity index (χ3n) is 3.80. The molecule has 0 aromatic heterocycles. The largest absolute Gasteiger partial charge is 0.326 e. The van der Waals surface area contributed by atoms with Gasteiger partial charge in [-0.25, -0.2) is 4.39 Å². The highest BCUT2D eigenvalue weighted by Gasteiger charge is 2.25. The van der Waals surface area contributed by atoms with E-state index in [1.54, 1.807) is 0 Å². The van der Waals surface area contributed by atoms with Crippen LogP contribution in [0.5, 0.6) is 0 Å². The average Bonchev–Trinajstić information content (AvgIpc) is 2.61. The van der Waals surface area contributed by atoms with Crippen LogP contribution in [0.2, 0.25) is 0 Å². The van der Waals surface area contributed by atoms with Gasteiger partial charge in [0.25, 0.3) is 0 Å². The number of nitrogens with two attached hydrogens (primary N) is 1. The zero-order chi connectivity index (χ0) is 12.4. The first-order valence-corrected chi connectivity index (χ1v) is 6.30. The van der Waals surface area contributed by atoms with Gasteiger partial charge in [0.05, 0.1) is 0 Å². The molecule has 3 heteroatoms. The SMILES string of the molecule is CC1CN(Cc2ccc(F)c(CN)c2)CC1C. The van der Waals surface area contributed by atoms with Gasteiger partial charge in [0.1, 0.15) is 5.82 Å². The predicted octanol–water partition coefficient (Wildman–Crippen LogP) is 2.37. The van der Waals surface area contributed by atoms with E-state index in [2.05, 4.69) is 18.7 Å². The number of hydrogen-bond acceptors (Lipinski definition) is 2. The molecule has 94 valence electrons. The molecule has 0 spiro atoms. The van der Waals surface area contributed by atoms with Crippen molar-refractivity contribution in [2.45, 2.75) is 26.9 Å². The lowest BCUT2D eigenvalue weighted by molar-refractivity contribution is 0.316. The molecule has 2 N–H and O–H groups in total. The molecule has 17 heavy (non-hydrogen) atoms. The first kappa shape index (κ1) is 12.5. The normalized spacial score (nSPS) is 25.4. The number of halogens is 1. The lowest BCUT2D eigenvalue weighted by atomic mass is 10.0. The molecule has 2 unspecified atom stereocenters. The molecule has 0 saturated carbocycles. The quantitative estimate of drug-likeness (QED) is 0.873. The van der Waals surface area contributed by atoms with Crippen LogP contribution < -0.4 is 5.73 Å². The molecular formula is C14H21FN2. The lowest BCUT2D eigenvalue weighted by Crippen LogP contribution is -2.20. The summed E-state index contributed by atoms with van der Waals surface area (Å²) in [5.74, 6) is 1.31. The van der Waals surface area contributed by atoms with Crippen LogP contribution in [-0.2, 0) is 13.1 Å². The van der Waals surface area contributed by atoms with Crippen molar-refractivity contribution in [3.8, 4) is 0 Å². The highest BCUT2D eigenvalue weighted by molar-refractivity contribution is 5.25. The Balaban J connectivity index is 2.04. The Morgan fingerprint density at radius 1 is 1.29 bits per heavy atom. The predicted molar refractivity (Wildman–Crippen MR) is 67.9 cm³/mol. The number of likely N-dealkylation sites (tertiary alicyclic amines) is 1. The van der Waals surface area contributed by atoms with E-state index in [4.69, 9.17) is 5.73 Å². The highest BCUT2D eigenvalue weighted by atomic mass is 19.1. The van der Waals surface area contributed by atoms with Gasteiger partial charge in [-0.05, 0) is 23.5 Å². The standard InChI is InChI=1S/C14H21FN2/c1-10-7-17(8-11(10)2)9-12-3-4-14(15)13(5-12)6-16/h3-5,10-11H,6-9,16H2,1-2H3. The van der Waals surface area contributed by atoms with Crippen LogP contribution in [-0.4, -0.2) is 18.0 Å². The van der Waals surface area contributed by atoms with Crippen molar-refractivity contribution in [2.75, 3.05) is 13.1 Å². The van der Waals surface area contributed by atoms with Gasteiger partial charge < -0.3 is 5.73 Å². The average molecular weight is 236 g/mol. The van der Waals surface area contributed by atoms with Crippen molar-refractivity contribution in [1.29, 1.82) is 0 Å². The Morgan fingerprint density at radius 2 is 1.94 bits per heavy atom. The molecule has 1 aliphatic rings. The minimum Gasteiger partial charge on any atom is -0.326 e. The summed E-state index contributed by atoms with van der Waals surface area (Å²) < 4.78 is 13.3. The first-order chi connectivity index (χ1) is 8.10. The molecule has 2 nitrogen and oxygen atoms in total. The third-order valence-corrected chi connectivity index (χ3v) is 3.80. The molecule has 0 radical (unpaired) electrons. The maximum atomic E-state index is 13.3. The van der Waals surface area contributed by atoms with E-state index in [1.165, 1.54) is 6.07 Å². The van der Waals surface area contributed by atoms with Crippen molar-refractivity contribution in [3.05, 3.63) is 35.1 Å². The molecule has 1 aromatic carbocycles. The third kappa shape index (κ3) is 2.85. The Kier molecular flexibility index (Phi) is 3.79. The van der Waals surface area contributed by atoms with Gasteiger partial charge in [0.15, 0.2) is 0 Å². The van der Waals surface area contributed by atoms with Gasteiger partial charge in [-0.3, -0.25) is 4.90 Å². The van der Waals surface area contributed by atoms with Crippen LogP contribution in [0.25, 0.3) is 0 Å². The van der Waals surface area contributed by atoms with Gasteiger partial charge in [-0.2, -0.15) is 0 Å². The molecule has 0 aliphatic carbocycles. The Bertz CT molecular complexity index is 382. The van der Waals surface area contributed by atoms with Crippen LogP contribution >= 0.6 is 0 Å². The van der Waals surface area contributed by atoms with E-state index in [0.29, 0.717) is 5.56 Å². The highest BCUT2D eigenvalue weighted by Crippen LogP contribution is 2.24. The number of hydrogen-bond donors (Lipinski definition) is 1. The van der Waals surface area contributed by atoms with Gasteiger partial charge in [0.2, 0.25) is 0 Å². The smallest absolute Gasteiger partial charge is 0.127 e. The fraction of sp³-hybridized carbons (Fsp3) is 0.571. The van der Waals surface area contributed by atoms with E-state index in [0.717, 1.165) is 37.0 Å². The van der Waals surface area contributed by atoms with Gasteiger partial charge in [-0.1, -0.05) is 26.0 Å². The second kappa shape index (κ2) is 5.15. The van der Waals surface area contributed by atoms with Crippen molar-refractivity contribution >= 4 is 0 Å². The van der Waals surface area contributed by atoms with Crippen molar-refractivity contribution in [3.63, 3.8) is 0 Å². The molecule has 1 fully saturated rings. The van der Waals surface area contributed by atoms with Gasteiger partial charge in [-0.15, -0.1) is 0 Å². The first-order valence-electron chi connectivity index (χ1n) is 6.30. The van der Waals surface area contributed by atoms with Crippen LogP contribution in [0, 0.1) is 17.7 Å². The van der Waals surface area contributed by atoms with Crippen LogP contribution in [0.15, 0.2) is 18.2 Å². The molecular weight excluding hydrogens is 215 g/mol. The monoisotopic (exact) mass is 236 g/mol. The van der Waals surface area contributed by atoms with E-state index >= 15 is 0 Å². The maximum Gasteiger partial charge on any atom is 0.127 e. The zero-order valence-electron chi connectivity index (χ0n) is 10.6. The molecule has 1 heterocycles. The second-order valence-electron chi connectivity index (χ2n) is 5.28. The lowest BCUT2D eigenvalue weighted by Gasteiger charge is -2.16. The second-order valence-corrected chi connectivity index (χ2v) is 5.28. The topological polar surface area (TPSA) is 29.3 Å². The summed E-state index contributed by atoms with van der Waals surface area (Å²) in [7, 11) is 0. The number of benzene rings is 1. The van der Waals surface area contributed by atoms with E-state index in [1.807, 2.05) is 12.1 Å². The molecule has 1 aliphatic heterocycles. The summed E-state index contributed by atoms with van der Waals surface area (Å²) >= 11 is 0. The summed E-state index contributed by atoms with van der Waals surface area (Å²) in [6, 6.07) is 5.28. The summed E-state index contributed by atoms with van der Waals surface area (Å²) in [4.78, 5) is 2.43. The van der Waals surface area contributed by atoms with Crippen LogP contribution in [0.3, 0.4) is 0 Å². The number of nitrogens with zero attached hydrogens (tertiary/aromatic N) is 1. The number of rotatable bonds is 3. The Labute approximate surface area is 103 Å². The molecule has 1 saturated heterocycles. The molecule has 1 aromatic rings. The van der Waals surface area contributed by atoms with Gasteiger partial charge in [0, 0.05) is 31.7 Å². The minimum absolute atomic E-state index is 0.195. The summed E-state index contributed by atoms with van der Waals surface area (Å²) in [5.41, 5.74) is 7.29. The van der Waals surface area contributed by atoms with Crippen molar-refractivity contribution in [2.24, 2.45) is 17.6 Å².